The van der Waals surface area contributed by atoms with Crippen LogP contribution in [0.2, 0.25) is 0 Å². The summed E-state index contributed by atoms with van der Waals surface area (Å²) < 4.78 is 26.7. The first-order valence-corrected chi connectivity index (χ1v) is 14.5. The standard InChI is InChI=1S/C34H30N2O12/c1-18-29(33(40)44-3)31(21-5-4-6-22(14-21)36(42)43)30(19(2)35-18)34(41)46-12-11-45-28-16-23(37)15-25(39)32(28)24(38)9-7-20-8-10-26-27(13-20)48-17-47-26/h4-10,13-16,31,35,37,39H,11-12,17H2,1-3H3/b9-7+. The number of esters is 2. The van der Waals surface area contributed by atoms with Crippen LogP contribution in [0.15, 0.2) is 83.2 Å². The first kappa shape index (κ1) is 33.1. The maximum Gasteiger partial charge on any atom is 0.336 e. The number of phenols is 2. The van der Waals surface area contributed by atoms with Crippen LogP contribution < -0.4 is 19.5 Å². The summed E-state index contributed by atoms with van der Waals surface area (Å²) in [6, 6.07) is 12.8. The number of dihydropyridines is 1. The molecule has 3 aromatic carbocycles. The summed E-state index contributed by atoms with van der Waals surface area (Å²) in [5.41, 5.74) is 1.27. The van der Waals surface area contributed by atoms with Crippen LogP contribution in [-0.4, -0.2) is 60.0 Å². The number of nitrogens with one attached hydrogen (secondary N) is 1. The summed E-state index contributed by atoms with van der Waals surface area (Å²) in [5, 5.41) is 35.0. The molecular weight excluding hydrogens is 628 g/mol. The number of non-ortho nitro benzene ring substituents is 1. The lowest BCUT2D eigenvalue weighted by molar-refractivity contribution is -0.384. The van der Waals surface area contributed by atoms with Gasteiger partial charge in [-0.05, 0) is 43.2 Å². The molecule has 0 aliphatic carbocycles. The zero-order valence-corrected chi connectivity index (χ0v) is 26.0. The maximum absolute atomic E-state index is 13.5. The van der Waals surface area contributed by atoms with Crippen LogP contribution in [0, 0.1) is 10.1 Å². The molecule has 2 aliphatic rings. The third-order valence-electron chi connectivity index (χ3n) is 7.51. The second-order valence-electron chi connectivity index (χ2n) is 10.6. The first-order valence-electron chi connectivity index (χ1n) is 14.5. The van der Waals surface area contributed by atoms with Crippen molar-refractivity contribution in [3.63, 3.8) is 0 Å². The number of hydrogen-bond donors (Lipinski definition) is 3. The number of nitrogens with zero attached hydrogens (tertiary/aromatic N) is 1. The number of benzene rings is 3. The number of phenolic OH excluding ortho intramolecular Hbond substituents is 2. The molecule has 248 valence electrons. The van der Waals surface area contributed by atoms with Crippen molar-refractivity contribution in [3.05, 3.63) is 110 Å². The summed E-state index contributed by atoms with van der Waals surface area (Å²) in [7, 11) is 1.18. The van der Waals surface area contributed by atoms with E-state index >= 15 is 0 Å². The molecule has 5 rings (SSSR count). The molecule has 48 heavy (non-hydrogen) atoms. The number of nitro benzene ring substituents is 1. The Kier molecular flexibility index (Phi) is 9.64. The SMILES string of the molecule is COC(=O)C1=C(C)NC(C)=C(C(=O)OCCOc2cc(O)cc(O)c2C(=O)/C=C/c2ccc3c(c2)OCO3)C1c1cccc([N+](=O)[O-])c1. The number of nitro groups is 1. The lowest BCUT2D eigenvalue weighted by atomic mass is 9.80. The van der Waals surface area contributed by atoms with E-state index in [1.807, 2.05) is 0 Å². The Bertz CT molecular complexity index is 1910. The predicted molar refractivity (Wildman–Crippen MR) is 169 cm³/mol. The van der Waals surface area contributed by atoms with Crippen LogP contribution in [0.5, 0.6) is 28.7 Å². The van der Waals surface area contributed by atoms with Crippen molar-refractivity contribution in [2.45, 2.75) is 19.8 Å². The summed E-state index contributed by atoms with van der Waals surface area (Å²) >= 11 is 0. The van der Waals surface area contributed by atoms with Gasteiger partial charge < -0.3 is 39.2 Å². The van der Waals surface area contributed by atoms with Gasteiger partial charge in [-0.25, -0.2) is 9.59 Å². The predicted octanol–water partition coefficient (Wildman–Crippen LogP) is 4.66. The van der Waals surface area contributed by atoms with E-state index in [9.17, 15) is 34.7 Å². The molecule has 0 saturated heterocycles. The van der Waals surface area contributed by atoms with E-state index in [0.29, 0.717) is 34.0 Å². The quantitative estimate of drug-likeness (QED) is 0.0644. The molecule has 1 atom stereocenters. The molecule has 3 N–H and O–H groups in total. The second-order valence-corrected chi connectivity index (χ2v) is 10.6. The van der Waals surface area contributed by atoms with Crippen molar-refractivity contribution in [1.29, 1.82) is 0 Å². The molecule has 0 fully saturated rings. The van der Waals surface area contributed by atoms with Crippen LogP contribution >= 0.6 is 0 Å². The number of carbonyl (C=O) groups excluding carboxylic acids is 3. The van der Waals surface area contributed by atoms with Crippen molar-refractivity contribution in [1.82, 2.24) is 5.32 Å². The number of allylic oxidation sites excluding steroid dienone is 3. The van der Waals surface area contributed by atoms with Gasteiger partial charge in [0.05, 0.1) is 29.1 Å². The molecule has 14 nitrogen and oxygen atoms in total. The molecule has 2 aliphatic heterocycles. The minimum absolute atomic E-state index is 0.0148. The number of ether oxygens (including phenoxy) is 5. The van der Waals surface area contributed by atoms with Gasteiger partial charge in [0.2, 0.25) is 6.79 Å². The summed E-state index contributed by atoms with van der Waals surface area (Å²) in [6.45, 7) is 2.64. The van der Waals surface area contributed by atoms with Gasteiger partial charge in [-0.3, -0.25) is 14.9 Å². The van der Waals surface area contributed by atoms with Gasteiger partial charge in [0.25, 0.3) is 5.69 Å². The minimum Gasteiger partial charge on any atom is -0.508 e. The maximum atomic E-state index is 13.5. The van der Waals surface area contributed by atoms with Crippen LogP contribution in [0.3, 0.4) is 0 Å². The number of rotatable bonds is 11. The Balaban J connectivity index is 1.32. The number of fused-ring (bicyclic) bond motifs is 1. The molecule has 0 saturated carbocycles. The van der Waals surface area contributed by atoms with E-state index in [-0.39, 0.29) is 53.9 Å². The molecule has 0 spiro atoms. The van der Waals surface area contributed by atoms with Crippen LogP contribution in [-0.2, 0) is 19.1 Å². The molecule has 3 aromatic rings. The fraction of sp³-hybridized carbons (Fsp3) is 0.206. The Hall–Kier alpha value is -6.31. The topological polar surface area (TPSA) is 193 Å². The Morgan fingerprint density at radius 1 is 0.979 bits per heavy atom. The number of hydrogen-bond acceptors (Lipinski definition) is 13. The van der Waals surface area contributed by atoms with E-state index in [4.69, 9.17) is 23.7 Å². The highest BCUT2D eigenvalue weighted by molar-refractivity contribution is 6.10. The van der Waals surface area contributed by atoms with Gasteiger partial charge in [-0.15, -0.1) is 0 Å². The normalized spacial score (nSPS) is 15.3. The van der Waals surface area contributed by atoms with Crippen LogP contribution in [0.4, 0.5) is 5.69 Å². The van der Waals surface area contributed by atoms with Crippen molar-refractivity contribution < 1.29 is 53.2 Å². The minimum atomic E-state index is -1.06. The van der Waals surface area contributed by atoms with Gasteiger partial charge >= 0.3 is 11.9 Å². The number of carbonyl (C=O) groups is 3. The van der Waals surface area contributed by atoms with Crippen molar-refractivity contribution >= 4 is 29.5 Å². The number of methoxy groups -OCH3 is 1. The van der Waals surface area contributed by atoms with Crippen LogP contribution in [0.1, 0.15) is 41.3 Å². The average Bonchev–Trinajstić information content (AvgIpc) is 3.53. The van der Waals surface area contributed by atoms with Gasteiger partial charge in [0, 0.05) is 35.7 Å². The van der Waals surface area contributed by atoms with Gasteiger partial charge in [0.15, 0.2) is 17.3 Å². The van der Waals surface area contributed by atoms with Crippen molar-refractivity contribution in [2.75, 3.05) is 27.1 Å². The Morgan fingerprint density at radius 3 is 2.44 bits per heavy atom. The third kappa shape index (κ3) is 6.92. The first-order chi connectivity index (χ1) is 23.0. The molecule has 1 unspecified atom stereocenters. The monoisotopic (exact) mass is 658 g/mol. The second kappa shape index (κ2) is 14.0. The molecule has 0 radical (unpaired) electrons. The van der Waals surface area contributed by atoms with Crippen molar-refractivity contribution in [3.8, 4) is 28.7 Å². The number of aromatic hydroxyl groups is 2. The van der Waals surface area contributed by atoms with E-state index in [0.717, 1.165) is 12.1 Å². The third-order valence-corrected chi connectivity index (χ3v) is 7.51. The summed E-state index contributed by atoms with van der Waals surface area (Å²) in [6.07, 6.45) is 2.72. The number of ketones is 1. The highest BCUT2D eigenvalue weighted by Crippen LogP contribution is 2.40. The van der Waals surface area contributed by atoms with E-state index in [2.05, 4.69) is 5.32 Å². The van der Waals surface area contributed by atoms with E-state index in [1.54, 1.807) is 38.1 Å². The lowest BCUT2D eigenvalue weighted by Crippen LogP contribution is -2.32. The van der Waals surface area contributed by atoms with Crippen molar-refractivity contribution in [2.24, 2.45) is 0 Å². The highest BCUT2D eigenvalue weighted by Gasteiger charge is 2.38. The Morgan fingerprint density at radius 2 is 1.71 bits per heavy atom. The fourth-order valence-corrected chi connectivity index (χ4v) is 5.38. The highest BCUT2D eigenvalue weighted by atomic mass is 16.7. The van der Waals surface area contributed by atoms with Gasteiger partial charge in [-0.2, -0.15) is 0 Å². The molecular formula is C34H30N2O12. The largest absolute Gasteiger partial charge is 0.508 e. The smallest absolute Gasteiger partial charge is 0.336 e. The van der Waals surface area contributed by atoms with Crippen LogP contribution in [0.25, 0.3) is 6.08 Å². The van der Waals surface area contributed by atoms with E-state index < -0.39 is 34.3 Å². The van der Waals surface area contributed by atoms with Gasteiger partial charge in [0.1, 0.15) is 36.0 Å². The zero-order chi connectivity index (χ0) is 34.5. The molecule has 0 bridgehead atoms. The fourth-order valence-electron chi connectivity index (χ4n) is 5.38. The molecule has 14 heteroatoms. The zero-order valence-electron chi connectivity index (χ0n) is 26.0. The molecule has 0 aromatic heterocycles. The molecule has 0 amide bonds. The van der Waals surface area contributed by atoms with E-state index in [1.165, 1.54) is 37.5 Å². The molecule has 2 heterocycles. The average molecular weight is 659 g/mol. The Labute approximate surface area is 273 Å². The van der Waals surface area contributed by atoms with Gasteiger partial charge in [-0.1, -0.05) is 24.3 Å². The lowest BCUT2D eigenvalue weighted by Gasteiger charge is -2.30. The summed E-state index contributed by atoms with van der Waals surface area (Å²) in [5.74, 6) is -3.27. The summed E-state index contributed by atoms with van der Waals surface area (Å²) in [4.78, 5) is 50.4.